The minimum atomic E-state index is 0.619. The van der Waals surface area contributed by atoms with Crippen LogP contribution in [0.2, 0.25) is 0 Å². The Labute approximate surface area is 157 Å². The molecule has 0 atom stereocenters. The normalized spacial score (nSPS) is 18.6. The summed E-state index contributed by atoms with van der Waals surface area (Å²) in [6.45, 7) is 9.87. The van der Waals surface area contributed by atoms with E-state index in [0.717, 1.165) is 69.1 Å². The molecule has 3 rings (SSSR count). The van der Waals surface area contributed by atoms with Gasteiger partial charge in [-0.05, 0) is 31.7 Å². The maximum atomic E-state index is 6.05. The predicted molar refractivity (Wildman–Crippen MR) is 105 cm³/mol. The summed E-state index contributed by atoms with van der Waals surface area (Å²) in [6, 6.07) is 8.20. The quantitative estimate of drug-likeness (QED) is 0.520. The fraction of sp³-hybridized carbons (Fsp3) is 0.650. The van der Waals surface area contributed by atoms with E-state index in [2.05, 4.69) is 28.5 Å². The number of hydrogen-bond donors (Lipinski definition) is 2. The molecule has 0 bridgehead atoms. The van der Waals surface area contributed by atoms with Gasteiger partial charge in [0.15, 0.2) is 5.96 Å². The fourth-order valence-corrected chi connectivity index (χ4v) is 2.95. The smallest absolute Gasteiger partial charge is 0.191 e. The summed E-state index contributed by atoms with van der Waals surface area (Å²) in [5.41, 5.74) is 1.12. The molecule has 0 aromatic heterocycles. The first-order chi connectivity index (χ1) is 12.8. The zero-order valence-corrected chi connectivity index (χ0v) is 15.9. The number of nitrogens with one attached hydrogen (secondary N) is 2. The lowest BCUT2D eigenvalue weighted by atomic mass is 10.2. The summed E-state index contributed by atoms with van der Waals surface area (Å²) in [4.78, 5) is 7.11. The monoisotopic (exact) mass is 360 g/mol. The van der Waals surface area contributed by atoms with Crippen molar-refractivity contribution in [3.63, 3.8) is 0 Å². The van der Waals surface area contributed by atoms with Crippen molar-refractivity contribution in [1.82, 2.24) is 15.5 Å². The molecule has 2 fully saturated rings. The number of guanidine groups is 1. The summed E-state index contributed by atoms with van der Waals surface area (Å²) in [5.74, 6) is 2.65. The standard InChI is InChI=1S/C20H32N4O2/c1-2-21-20(22-15-17-7-8-17)23-16-18-5-3-4-6-19(18)26-14-11-24-9-12-25-13-10-24/h3-6,17H,2,7-16H2,1H3,(H2,21,22,23). The van der Waals surface area contributed by atoms with Crippen LogP contribution in [0.5, 0.6) is 5.75 Å². The first-order valence-electron chi connectivity index (χ1n) is 9.88. The summed E-state index contributed by atoms with van der Waals surface area (Å²) >= 11 is 0. The van der Waals surface area contributed by atoms with Crippen LogP contribution in [-0.4, -0.2) is 63.4 Å². The van der Waals surface area contributed by atoms with Crippen molar-refractivity contribution in [2.45, 2.75) is 26.3 Å². The molecule has 1 saturated carbocycles. The maximum Gasteiger partial charge on any atom is 0.191 e. The highest BCUT2D eigenvalue weighted by Crippen LogP contribution is 2.27. The number of morpholine rings is 1. The predicted octanol–water partition coefficient (Wildman–Crippen LogP) is 1.86. The molecule has 1 aromatic rings. The Hall–Kier alpha value is -1.79. The molecule has 1 heterocycles. The van der Waals surface area contributed by atoms with Gasteiger partial charge < -0.3 is 20.1 Å². The number of rotatable bonds is 9. The number of hydrogen-bond acceptors (Lipinski definition) is 4. The molecule has 6 heteroatoms. The van der Waals surface area contributed by atoms with Gasteiger partial charge in [-0.2, -0.15) is 0 Å². The van der Waals surface area contributed by atoms with E-state index in [1.807, 2.05) is 18.2 Å². The summed E-state index contributed by atoms with van der Waals surface area (Å²) in [7, 11) is 0. The molecule has 6 nitrogen and oxygen atoms in total. The van der Waals surface area contributed by atoms with Crippen LogP contribution in [0.4, 0.5) is 0 Å². The molecule has 144 valence electrons. The molecule has 1 aliphatic heterocycles. The summed E-state index contributed by atoms with van der Waals surface area (Å²) in [5, 5.41) is 6.76. The van der Waals surface area contributed by atoms with Gasteiger partial charge in [0.25, 0.3) is 0 Å². The van der Waals surface area contributed by atoms with Crippen molar-refractivity contribution in [2.75, 3.05) is 52.5 Å². The highest BCUT2D eigenvalue weighted by Gasteiger charge is 2.21. The van der Waals surface area contributed by atoms with E-state index < -0.39 is 0 Å². The van der Waals surface area contributed by atoms with Crippen molar-refractivity contribution in [1.29, 1.82) is 0 Å². The van der Waals surface area contributed by atoms with Gasteiger partial charge in [0.05, 0.1) is 19.8 Å². The third kappa shape index (κ3) is 6.50. The van der Waals surface area contributed by atoms with Crippen LogP contribution in [0, 0.1) is 5.92 Å². The van der Waals surface area contributed by atoms with Gasteiger partial charge >= 0.3 is 0 Å². The zero-order chi connectivity index (χ0) is 18.0. The topological polar surface area (TPSA) is 58.1 Å². The molecule has 0 spiro atoms. The second kappa shape index (κ2) is 10.4. The molecule has 1 aromatic carbocycles. The van der Waals surface area contributed by atoms with Gasteiger partial charge in [0, 0.05) is 38.3 Å². The molecule has 0 amide bonds. The third-order valence-electron chi connectivity index (χ3n) is 4.75. The number of nitrogens with zero attached hydrogens (tertiary/aromatic N) is 2. The minimum absolute atomic E-state index is 0.619. The van der Waals surface area contributed by atoms with E-state index in [4.69, 9.17) is 14.5 Å². The van der Waals surface area contributed by atoms with Crippen LogP contribution in [0.25, 0.3) is 0 Å². The van der Waals surface area contributed by atoms with Crippen LogP contribution < -0.4 is 15.4 Å². The number of ether oxygens (including phenoxy) is 2. The molecule has 2 N–H and O–H groups in total. The van der Waals surface area contributed by atoms with Crippen LogP contribution in [0.1, 0.15) is 25.3 Å². The Kier molecular flexibility index (Phi) is 7.58. The highest BCUT2D eigenvalue weighted by atomic mass is 16.5. The molecule has 2 aliphatic rings. The van der Waals surface area contributed by atoms with E-state index in [1.54, 1.807) is 0 Å². The summed E-state index contributed by atoms with van der Waals surface area (Å²) in [6.07, 6.45) is 2.68. The van der Waals surface area contributed by atoms with Crippen LogP contribution in [-0.2, 0) is 11.3 Å². The van der Waals surface area contributed by atoms with Crippen molar-refractivity contribution in [3.8, 4) is 5.75 Å². The SMILES string of the molecule is CCNC(=NCc1ccccc1OCCN1CCOCC1)NCC1CC1. The first kappa shape index (κ1) is 19.0. The number of para-hydroxylation sites is 1. The Morgan fingerprint density at radius 1 is 1.23 bits per heavy atom. The largest absolute Gasteiger partial charge is 0.492 e. The number of aliphatic imine (C=N–C) groups is 1. The lowest BCUT2D eigenvalue weighted by molar-refractivity contribution is 0.0322. The van der Waals surface area contributed by atoms with Gasteiger partial charge in [0.1, 0.15) is 12.4 Å². The Morgan fingerprint density at radius 2 is 2.04 bits per heavy atom. The molecule has 1 aliphatic carbocycles. The van der Waals surface area contributed by atoms with Crippen LogP contribution >= 0.6 is 0 Å². The molecule has 1 saturated heterocycles. The highest BCUT2D eigenvalue weighted by molar-refractivity contribution is 5.79. The van der Waals surface area contributed by atoms with E-state index in [1.165, 1.54) is 12.8 Å². The lowest BCUT2D eigenvalue weighted by Gasteiger charge is -2.26. The maximum absolute atomic E-state index is 6.05. The van der Waals surface area contributed by atoms with E-state index in [0.29, 0.717) is 13.2 Å². The average Bonchev–Trinajstić information content (AvgIpc) is 3.50. The van der Waals surface area contributed by atoms with E-state index in [9.17, 15) is 0 Å². The first-order valence-corrected chi connectivity index (χ1v) is 9.88. The molecule has 0 radical (unpaired) electrons. The van der Waals surface area contributed by atoms with E-state index in [-0.39, 0.29) is 0 Å². The van der Waals surface area contributed by atoms with Crippen molar-refractivity contribution >= 4 is 5.96 Å². The van der Waals surface area contributed by atoms with Crippen LogP contribution in [0.15, 0.2) is 29.3 Å². The van der Waals surface area contributed by atoms with Gasteiger partial charge in [-0.25, -0.2) is 4.99 Å². The van der Waals surface area contributed by atoms with E-state index >= 15 is 0 Å². The third-order valence-corrected chi connectivity index (χ3v) is 4.75. The molecule has 0 unspecified atom stereocenters. The molecular weight excluding hydrogens is 328 g/mol. The Balaban J connectivity index is 1.50. The van der Waals surface area contributed by atoms with Crippen molar-refractivity contribution in [2.24, 2.45) is 10.9 Å². The molecule has 26 heavy (non-hydrogen) atoms. The van der Waals surface area contributed by atoms with Gasteiger partial charge in [-0.3, -0.25) is 4.90 Å². The van der Waals surface area contributed by atoms with Crippen LogP contribution in [0.3, 0.4) is 0 Å². The summed E-state index contributed by atoms with van der Waals surface area (Å²) < 4.78 is 11.4. The minimum Gasteiger partial charge on any atom is -0.492 e. The Morgan fingerprint density at radius 3 is 2.81 bits per heavy atom. The molecular formula is C20H32N4O2. The average molecular weight is 361 g/mol. The fourth-order valence-electron chi connectivity index (χ4n) is 2.95. The second-order valence-electron chi connectivity index (χ2n) is 6.93. The van der Waals surface area contributed by atoms with Gasteiger partial charge in [-0.15, -0.1) is 0 Å². The van der Waals surface area contributed by atoms with Crippen molar-refractivity contribution in [3.05, 3.63) is 29.8 Å². The Bertz CT molecular complexity index is 569. The zero-order valence-electron chi connectivity index (χ0n) is 15.9. The lowest BCUT2D eigenvalue weighted by Crippen LogP contribution is -2.38. The second-order valence-corrected chi connectivity index (χ2v) is 6.93. The van der Waals surface area contributed by atoms with Gasteiger partial charge in [0.2, 0.25) is 0 Å². The number of benzene rings is 1. The van der Waals surface area contributed by atoms with Crippen molar-refractivity contribution < 1.29 is 9.47 Å². The van der Waals surface area contributed by atoms with Gasteiger partial charge in [-0.1, -0.05) is 18.2 Å².